The van der Waals surface area contributed by atoms with Crippen LogP contribution in [0.15, 0.2) is 18.3 Å². The predicted octanol–water partition coefficient (Wildman–Crippen LogP) is 3.11. The molecule has 6 heteroatoms. The fraction of sp³-hybridized carbons (Fsp3) is 0.500. The van der Waals surface area contributed by atoms with Crippen molar-refractivity contribution in [3.8, 4) is 0 Å². The summed E-state index contributed by atoms with van der Waals surface area (Å²) in [7, 11) is 1.82. The Labute approximate surface area is 147 Å². The zero-order valence-electron chi connectivity index (χ0n) is 14.3. The van der Waals surface area contributed by atoms with Gasteiger partial charge in [0.25, 0.3) is 0 Å². The van der Waals surface area contributed by atoms with Gasteiger partial charge in [0.15, 0.2) is 0 Å². The standard InChI is InChI=1S/C18H24N4OS/c1-13-7-8-14(11-20-13)9-10-19-18(23)22(2)12-17-21-15-5-3-4-6-16(15)24-17/h7-8,11H,3-6,9-10,12H2,1-2H3,(H,19,23). The highest BCUT2D eigenvalue weighted by Crippen LogP contribution is 2.27. The predicted molar refractivity (Wildman–Crippen MR) is 96.3 cm³/mol. The van der Waals surface area contributed by atoms with E-state index in [0.717, 1.165) is 35.5 Å². The molecule has 5 nitrogen and oxygen atoms in total. The summed E-state index contributed by atoms with van der Waals surface area (Å²) in [6.07, 6.45) is 7.39. The molecule has 0 spiro atoms. The molecule has 2 amide bonds. The molecule has 1 aliphatic carbocycles. The van der Waals surface area contributed by atoms with E-state index in [2.05, 4.69) is 16.4 Å². The Bertz CT molecular complexity index is 672. The van der Waals surface area contributed by atoms with Gasteiger partial charge in [-0.05, 0) is 50.7 Å². The second kappa shape index (κ2) is 7.75. The molecule has 0 aliphatic heterocycles. The molecule has 0 unspecified atom stereocenters. The zero-order chi connectivity index (χ0) is 16.9. The maximum Gasteiger partial charge on any atom is 0.317 e. The number of aryl methyl sites for hydroxylation is 3. The Morgan fingerprint density at radius 1 is 1.33 bits per heavy atom. The van der Waals surface area contributed by atoms with Crippen LogP contribution in [0.2, 0.25) is 0 Å². The normalized spacial score (nSPS) is 13.4. The van der Waals surface area contributed by atoms with Crippen molar-refractivity contribution in [3.05, 3.63) is 45.2 Å². The molecule has 2 heterocycles. The van der Waals surface area contributed by atoms with E-state index < -0.39 is 0 Å². The third-order valence-electron chi connectivity index (χ3n) is 4.27. The monoisotopic (exact) mass is 344 g/mol. The molecule has 2 aromatic rings. The van der Waals surface area contributed by atoms with Gasteiger partial charge in [0.1, 0.15) is 5.01 Å². The maximum absolute atomic E-state index is 12.2. The highest BCUT2D eigenvalue weighted by molar-refractivity contribution is 7.11. The molecule has 0 saturated heterocycles. The number of carbonyl (C=O) groups is 1. The Kier molecular flexibility index (Phi) is 5.45. The summed E-state index contributed by atoms with van der Waals surface area (Å²) in [6, 6.07) is 3.99. The lowest BCUT2D eigenvalue weighted by molar-refractivity contribution is 0.207. The number of urea groups is 1. The van der Waals surface area contributed by atoms with Crippen LogP contribution in [0, 0.1) is 6.92 Å². The first-order chi connectivity index (χ1) is 11.6. The first kappa shape index (κ1) is 16.9. The highest BCUT2D eigenvalue weighted by atomic mass is 32.1. The molecule has 128 valence electrons. The van der Waals surface area contributed by atoms with E-state index in [0.29, 0.717) is 13.1 Å². The van der Waals surface area contributed by atoms with Crippen molar-refractivity contribution in [2.24, 2.45) is 0 Å². The molecule has 1 N–H and O–H groups in total. The van der Waals surface area contributed by atoms with Gasteiger partial charge in [0, 0.05) is 30.4 Å². The van der Waals surface area contributed by atoms with Crippen molar-refractivity contribution in [2.45, 2.75) is 45.6 Å². The average Bonchev–Trinajstić information content (AvgIpc) is 2.98. The summed E-state index contributed by atoms with van der Waals surface area (Å²) < 4.78 is 0. The van der Waals surface area contributed by atoms with Crippen molar-refractivity contribution < 1.29 is 4.79 Å². The van der Waals surface area contributed by atoms with E-state index in [1.165, 1.54) is 23.4 Å². The number of nitrogens with one attached hydrogen (secondary N) is 1. The smallest absolute Gasteiger partial charge is 0.317 e. The van der Waals surface area contributed by atoms with Gasteiger partial charge in [-0.15, -0.1) is 11.3 Å². The summed E-state index contributed by atoms with van der Waals surface area (Å²) >= 11 is 1.76. The molecule has 0 fully saturated rings. The third kappa shape index (κ3) is 4.32. The fourth-order valence-electron chi connectivity index (χ4n) is 2.84. The van der Waals surface area contributed by atoms with Gasteiger partial charge < -0.3 is 10.2 Å². The van der Waals surface area contributed by atoms with Crippen LogP contribution in [0.4, 0.5) is 4.79 Å². The van der Waals surface area contributed by atoms with E-state index in [-0.39, 0.29) is 6.03 Å². The minimum Gasteiger partial charge on any atom is -0.338 e. The second-order valence-corrected chi connectivity index (χ2v) is 7.50. The minimum absolute atomic E-state index is 0.0526. The number of aromatic nitrogens is 2. The summed E-state index contributed by atoms with van der Waals surface area (Å²) in [6.45, 7) is 3.16. The summed E-state index contributed by atoms with van der Waals surface area (Å²) in [4.78, 5) is 24.3. The van der Waals surface area contributed by atoms with Crippen LogP contribution < -0.4 is 5.32 Å². The number of amides is 2. The molecule has 0 saturated carbocycles. The summed E-state index contributed by atoms with van der Waals surface area (Å²) in [5, 5.41) is 4.01. The van der Waals surface area contributed by atoms with E-state index >= 15 is 0 Å². The average molecular weight is 344 g/mol. The van der Waals surface area contributed by atoms with Crippen LogP contribution in [-0.2, 0) is 25.8 Å². The molecule has 0 bridgehead atoms. The molecular weight excluding hydrogens is 320 g/mol. The number of hydrogen-bond donors (Lipinski definition) is 1. The number of nitrogens with zero attached hydrogens (tertiary/aromatic N) is 3. The van der Waals surface area contributed by atoms with Crippen molar-refractivity contribution >= 4 is 17.4 Å². The molecular formula is C18H24N4OS. The van der Waals surface area contributed by atoms with Gasteiger partial charge in [-0.2, -0.15) is 0 Å². The Morgan fingerprint density at radius 3 is 2.92 bits per heavy atom. The molecule has 0 aromatic carbocycles. The van der Waals surface area contributed by atoms with Crippen LogP contribution in [0.1, 0.15) is 39.7 Å². The van der Waals surface area contributed by atoms with Crippen molar-refractivity contribution in [1.29, 1.82) is 0 Å². The molecule has 3 rings (SSSR count). The van der Waals surface area contributed by atoms with Gasteiger partial charge in [-0.3, -0.25) is 4.98 Å². The van der Waals surface area contributed by atoms with Crippen LogP contribution in [-0.4, -0.2) is 34.5 Å². The van der Waals surface area contributed by atoms with E-state index in [1.807, 2.05) is 26.2 Å². The Balaban J connectivity index is 1.46. The van der Waals surface area contributed by atoms with Crippen molar-refractivity contribution in [2.75, 3.05) is 13.6 Å². The first-order valence-corrected chi connectivity index (χ1v) is 9.31. The van der Waals surface area contributed by atoms with Crippen LogP contribution in [0.3, 0.4) is 0 Å². The highest BCUT2D eigenvalue weighted by Gasteiger charge is 2.17. The number of rotatable bonds is 5. The number of thiazole rings is 1. The van der Waals surface area contributed by atoms with Crippen molar-refractivity contribution in [1.82, 2.24) is 20.2 Å². The molecule has 2 aromatic heterocycles. The number of carbonyl (C=O) groups excluding carboxylic acids is 1. The van der Waals surface area contributed by atoms with E-state index in [9.17, 15) is 4.79 Å². The van der Waals surface area contributed by atoms with Crippen LogP contribution >= 0.6 is 11.3 Å². The van der Waals surface area contributed by atoms with E-state index in [4.69, 9.17) is 4.98 Å². The number of hydrogen-bond acceptors (Lipinski definition) is 4. The fourth-order valence-corrected chi connectivity index (χ4v) is 4.05. The lowest BCUT2D eigenvalue weighted by atomic mass is 10.0. The van der Waals surface area contributed by atoms with Gasteiger partial charge in [0.05, 0.1) is 12.2 Å². The Hall–Kier alpha value is -1.95. The lowest BCUT2D eigenvalue weighted by Gasteiger charge is -2.16. The Morgan fingerprint density at radius 2 is 2.17 bits per heavy atom. The molecule has 0 atom stereocenters. The summed E-state index contributed by atoms with van der Waals surface area (Å²) in [5.41, 5.74) is 3.40. The zero-order valence-corrected chi connectivity index (χ0v) is 15.2. The quantitative estimate of drug-likeness (QED) is 0.907. The van der Waals surface area contributed by atoms with Crippen LogP contribution in [0.25, 0.3) is 0 Å². The topological polar surface area (TPSA) is 58.1 Å². The maximum atomic E-state index is 12.2. The number of pyridine rings is 1. The van der Waals surface area contributed by atoms with Gasteiger partial charge in [0.2, 0.25) is 0 Å². The first-order valence-electron chi connectivity index (χ1n) is 8.50. The third-order valence-corrected chi connectivity index (χ3v) is 5.41. The van der Waals surface area contributed by atoms with Gasteiger partial charge in [-0.25, -0.2) is 9.78 Å². The van der Waals surface area contributed by atoms with Crippen LogP contribution in [0.5, 0.6) is 0 Å². The van der Waals surface area contributed by atoms with Gasteiger partial charge >= 0.3 is 6.03 Å². The van der Waals surface area contributed by atoms with Gasteiger partial charge in [-0.1, -0.05) is 6.07 Å². The second-order valence-electron chi connectivity index (χ2n) is 6.33. The lowest BCUT2D eigenvalue weighted by Crippen LogP contribution is -2.37. The minimum atomic E-state index is -0.0526. The van der Waals surface area contributed by atoms with E-state index in [1.54, 1.807) is 16.2 Å². The SMILES string of the molecule is Cc1ccc(CCNC(=O)N(C)Cc2nc3c(s2)CCCC3)cn1. The summed E-state index contributed by atoms with van der Waals surface area (Å²) in [5.74, 6) is 0. The largest absolute Gasteiger partial charge is 0.338 e. The molecule has 1 aliphatic rings. The molecule has 0 radical (unpaired) electrons. The van der Waals surface area contributed by atoms with Crippen molar-refractivity contribution in [3.63, 3.8) is 0 Å². The molecule has 24 heavy (non-hydrogen) atoms. The number of fused-ring (bicyclic) bond motifs is 1.